The van der Waals surface area contributed by atoms with Crippen molar-refractivity contribution in [3.63, 3.8) is 0 Å². The van der Waals surface area contributed by atoms with Gasteiger partial charge < -0.3 is 15.3 Å². The van der Waals surface area contributed by atoms with Gasteiger partial charge in [0.05, 0.1) is 5.01 Å². The molecule has 0 radical (unpaired) electrons. The van der Waals surface area contributed by atoms with Gasteiger partial charge in [0.15, 0.2) is 5.69 Å². The normalized spacial score (nSPS) is 18.2. The number of hydrogen-bond acceptors (Lipinski definition) is 4. The van der Waals surface area contributed by atoms with E-state index in [9.17, 15) is 9.59 Å². The number of amides is 2. The number of aromatic carboxylic acids is 1. The van der Waals surface area contributed by atoms with Gasteiger partial charge in [-0.2, -0.15) is 0 Å². The summed E-state index contributed by atoms with van der Waals surface area (Å²) in [6.07, 6.45) is 2.69. The molecular formula is C14H21N3O3S. The van der Waals surface area contributed by atoms with Gasteiger partial charge in [0, 0.05) is 30.9 Å². The van der Waals surface area contributed by atoms with Crippen LogP contribution in [0.4, 0.5) is 4.79 Å². The Morgan fingerprint density at radius 1 is 1.57 bits per heavy atom. The molecule has 1 fully saturated rings. The van der Waals surface area contributed by atoms with Crippen molar-refractivity contribution in [2.75, 3.05) is 13.1 Å². The van der Waals surface area contributed by atoms with E-state index in [0.29, 0.717) is 24.9 Å². The van der Waals surface area contributed by atoms with Crippen LogP contribution in [0.25, 0.3) is 0 Å². The van der Waals surface area contributed by atoms with E-state index in [1.165, 1.54) is 16.7 Å². The molecule has 2 heterocycles. The summed E-state index contributed by atoms with van der Waals surface area (Å²) in [6, 6.07) is 0.296. The quantitative estimate of drug-likeness (QED) is 0.873. The molecule has 1 aliphatic heterocycles. The van der Waals surface area contributed by atoms with Gasteiger partial charge in [0.25, 0.3) is 0 Å². The Morgan fingerprint density at radius 3 is 2.95 bits per heavy atom. The van der Waals surface area contributed by atoms with E-state index in [-0.39, 0.29) is 11.7 Å². The van der Waals surface area contributed by atoms with Crippen LogP contribution in [0.5, 0.6) is 0 Å². The Balaban J connectivity index is 1.80. The molecule has 116 valence electrons. The van der Waals surface area contributed by atoms with Gasteiger partial charge in [-0.3, -0.25) is 0 Å². The van der Waals surface area contributed by atoms with E-state index < -0.39 is 5.97 Å². The maximum Gasteiger partial charge on any atom is 0.355 e. The number of carbonyl (C=O) groups is 2. The van der Waals surface area contributed by atoms with E-state index in [2.05, 4.69) is 24.1 Å². The van der Waals surface area contributed by atoms with Gasteiger partial charge in [-0.25, -0.2) is 14.6 Å². The minimum atomic E-state index is -1.02. The number of carboxylic acids is 1. The highest BCUT2D eigenvalue weighted by molar-refractivity contribution is 7.09. The third-order valence-corrected chi connectivity index (χ3v) is 4.62. The van der Waals surface area contributed by atoms with Crippen LogP contribution in [0.2, 0.25) is 0 Å². The van der Waals surface area contributed by atoms with Crippen molar-refractivity contribution in [3.05, 3.63) is 16.1 Å². The smallest absolute Gasteiger partial charge is 0.355 e. The van der Waals surface area contributed by atoms with E-state index in [1.54, 1.807) is 0 Å². The molecule has 1 atom stereocenters. The first-order chi connectivity index (χ1) is 9.99. The highest BCUT2D eigenvalue weighted by Gasteiger charge is 2.30. The molecule has 2 amide bonds. The highest BCUT2D eigenvalue weighted by atomic mass is 32.1. The number of hydrogen-bond donors (Lipinski definition) is 2. The van der Waals surface area contributed by atoms with E-state index in [0.717, 1.165) is 24.4 Å². The topological polar surface area (TPSA) is 82.5 Å². The second-order valence-electron chi connectivity index (χ2n) is 5.56. The van der Waals surface area contributed by atoms with Crippen molar-refractivity contribution in [1.82, 2.24) is 15.2 Å². The zero-order chi connectivity index (χ0) is 15.4. The lowest BCUT2D eigenvalue weighted by atomic mass is 10.0. The van der Waals surface area contributed by atoms with E-state index >= 15 is 0 Å². The number of carboxylic acid groups (broad SMARTS) is 1. The number of carbonyl (C=O) groups excluding carboxylic acids is 1. The molecule has 1 aromatic heterocycles. The average molecular weight is 311 g/mol. The molecule has 1 unspecified atom stereocenters. The maximum atomic E-state index is 12.2. The van der Waals surface area contributed by atoms with Crippen molar-refractivity contribution < 1.29 is 14.7 Å². The minimum absolute atomic E-state index is 0.0267. The Kier molecular flexibility index (Phi) is 5.17. The molecule has 6 nitrogen and oxygen atoms in total. The van der Waals surface area contributed by atoms with E-state index in [4.69, 9.17) is 5.11 Å². The Labute approximate surface area is 128 Å². The molecule has 0 bridgehead atoms. The van der Waals surface area contributed by atoms with Crippen molar-refractivity contribution in [2.45, 2.75) is 39.2 Å². The maximum absolute atomic E-state index is 12.2. The summed E-state index contributed by atoms with van der Waals surface area (Å²) in [5.41, 5.74) is 0.0701. The van der Waals surface area contributed by atoms with E-state index in [1.807, 2.05) is 4.90 Å². The van der Waals surface area contributed by atoms with Crippen molar-refractivity contribution in [3.8, 4) is 0 Å². The largest absolute Gasteiger partial charge is 0.476 e. The number of likely N-dealkylation sites (tertiary alicyclic amines) is 1. The zero-order valence-corrected chi connectivity index (χ0v) is 13.2. The molecule has 1 aliphatic rings. The first kappa shape index (κ1) is 15.8. The van der Waals surface area contributed by atoms with Crippen LogP contribution in [0.3, 0.4) is 0 Å². The molecular weight excluding hydrogens is 290 g/mol. The fraction of sp³-hybridized carbons (Fsp3) is 0.643. The first-order valence-corrected chi connectivity index (χ1v) is 8.09. The second kappa shape index (κ2) is 6.89. The number of thiazole rings is 1. The first-order valence-electron chi connectivity index (χ1n) is 7.21. The van der Waals surface area contributed by atoms with Gasteiger partial charge in [-0.15, -0.1) is 11.3 Å². The predicted molar refractivity (Wildman–Crippen MR) is 80.7 cm³/mol. The summed E-state index contributed by atoms with van der Waals surface area (Å²) < 4.78 is 0. The van der Waals surface area contributed by atoms with Crippen molar-refractivity contribution in [2.24, 2.45) is 5.92 Å². The molecule has 21 heavy (non-hydrogen) atoms. The summed E-state index contributed by atoms with van der Waals surface area (Å²) >= 11 is 1.31. The summed E-state index contributed by atoms with van der Waals surface area (Å²) in [7, 11) is 0. The monoisotopic (exact) mass is 311 g/mol. The van der Waals surface area contributed by atoms with Crippen LogP contribution in [-0.2, 0) is 6.42 Å². The Morgan fingerprint density at radius 2 is 2.33 bits per heavy atom. The zero-order valence-electron chi connectivity index (χ0n) is 12.3. The molecule has 1 saturated heterocycles. The summed E-state index contributed by atoms with van der Waals surface area (Å²) in [5.74, 6) is -0.547. The van der Waals surface area contributed by atoms with Crippen LogP contribution in [-0.4, -0.2) is 46.1 Å². The number of rotatable bonds is 5. The van der Waals surface area contributed by atoms with Gasteiger partial charge >= 0.3 is 12.0 Å². The number of urea groups is 1. The lowest BCUT2D eigenvalue weighted by Gasteiger charge is -2.27. The summed E-state index contributed by atoms with van der Waals surface area (Å²) in [4.78, 5) is 28.8. The SMILES string of the molecule is CC(C)C1CCCN1C(=O)NCCc1nc(C(=O)O)cs1. The number of aromatic nitrogens is 1. The van der Waals surface area contributed by atoms with Gasteiger partial charge in [0.2, 0.25) is 0 Å². The number of nitrogens with one attached hydrogen (secondary N) is 1. The Bertz CT molecular complexity index is 515. The van der Waals surface area contributed by atoms with Gasteiger partial charge in [-0.1, -0.05) is 13.8 Å². The average Bonchev–Trinajstić information content (AvgIpc) is 3.07. The highest BCUT2D eigenvalue weighted by Crippen LogP contribution is 2.23. The van der Waals surface area contributed by atoms with Crippen molar-refractivity contribution >= 4 is 23.3 Å². The second-order valence-corrected chi connectivity index (χ2v) is 6.50. The molecule has 1 aromatic rings. The summed E-state index contributed by atoms with van der Waals surface area (Å²) in [6.45, 7) is 5.57. The van der Waals surface area contributed by atoms with Crippen molar-refractivity contribution in [1.29, 1.82) is 0 Å². The van der Waals surface area contributed by atoms with Crippen LogP contribution in [0, 0.1) is 5.92 Å². The Hall–Kier alpha value is -1.63. The summed E-state index contributed by atoms with van der Waals surface area (Å²) in [5, 5.41) is 14.0. The van der Waals surface area contributed by atoms with Crippen LogP contribution >= 0.6 is 11.3 Å². The lowest BCUT2D eigenvalue weighted by molar-refractivity contribution is 0.0691. The number of nitrogens with zero attached hydrogens (tertiary/aromatic N) is 2. The molecule has 0 saturated carbocycles. The molecule has 0 aliphatic carbocycles. The van der Waals surface area contributed by atoms with Crippen LogP contribution < -0.4 is 5.32 Å². The van der Waals surface area contributed by atoms with Crippen LogP contribution in [0.1, 0.15) is 42.2 Å². The minimum Gasteiger partial charge on any atom is -0.476 e. The van der Waals surface area contributed by atoms with Gasteiger partial charge in [0.1, 0.15) is 0 Å². The standard InChI is InChI=1S/C14H21N3O3S/c1-9(2)11-4-3-7-17(11)14(20)15-6-5-12-16-10(8-21-12)13(18)19/h8-9,11H,3-7H2,1-2H3,(H,15,20)(H,18,19). The van der Waals surface area contributed by atoms with Crippen LogP contribution in [0.15, 0.2) is 5.38 Å². The molecule has 2 rings (SSSR count). The molecule has 2 N–H and O–H groups in total. The predicted octanol–water partition coefficient (Wildman–Crippen LogP) is 2.21. The fourth-order valence-electron chi connectivity index (χ4n) is 2.64. The third kappa shape index (κ3) is 3.93. The van der Waals surface area contributed by atoms with Gasteiger partial charge in [-0.05, 0) is 18.8 Å². The third-order valence-electron chi connectivity index (χ3n) is 3.72. The molecule has 0 spiro atoms. The lowest BCUT2D eigenvalue weighted by Crippen LogP contribution is -2.45. The fourth-order valence-corrected chi connectivity index (χ4v) is 3.41. The molecule has 7 heteroatoms. The molecule has 0 aromatic carbocycles.